The summed E-state index contributed by atoms with van der Waals surface area (Å²) in [6.07, 6.45) is 8.95. The van der Waals surface area contributed by atoms with Crippen LogP contribution < -0.4 is 0 Å². The molecule has 2 aromatic carbocycles. The van der Waals surface area contributed by atoms with Gasteiger partial charge in [0.15, 0.2) is 0 Å². The van der Waals surface area contributed by atoms with E-state index < -0.39 is 18.4 Å². The number of hydrogen-bond donors (Lipinski definition) is 0. The standard InChI is InChI=1S/C21H23O3.3C4H9.Sn/c1-2-24-21(22)15-20(14-13-18-9-5-3-6-10-18)17-23-16-19-11-7-4-8-12-19;3*1-3-4-2;/h3-12H,2,13-14,16-17H2,1H3;3*1,3-4H2,2H3;. The third-order valence-corrected chi connectivity index (χ3v) is 23.2. The molecule has 0 bridgehead atoms. The van der Waals surface area contributed by atoms with Gasteiger partial charge in [0.05, 0.1) is 0 Å². The third kappa shape index (κ3) is 11.0. The first kappa shape index (κ1) is 31.6. The fourth-order valence-corrected chi connectivity index (χ4v) is 22.6. The maximum absolute atomic E-state index is 13.9. The number of carbonyl (C=O) groups excluding carboxylic acids is 1. The van der Waals surface area contributed by atoms with Gasteiger partial charge in [0.25, 0.3) is 0 Å². The van der Waals surface area contributed by atoms with Crippen molar-refractivity contribution in [1.29, 1.82) is 0 Å². The van der Waals surface area contributed by atoms with Gasteiger partial charge in [-0.3, -0.25) is 0 Å². The van der Waals surface area contributed by atoms with E-state index in [1.165, 1.54) is 68.5 Å². The zero-order chi connectivity index (χ0) is 26.8. The molecule has 37 heavy (non-hydrogen) atoms. The molecule has 0 aliphatic rings. The molecule has 0 saturated heterocycles. The number of ether oxygens (including phenoxy) is 2. The first-order valence-corrected chi connectivity index (χ1v) is 22.1. The van der Waals surface area contributed by atoms with E-state index in [9.17, 15) is 4.79 Å². The van der Waals surface area contributed by atoms with Gasteiger partial charge in [0, 0.05) is 0 Å². The molecular weight excluding hydrogens is 563 g/mol. The van der Waals surface area contributed by atoms with E-state index in [4.69, 9.17) is 9.47 Å². The Hall–Kier alpha value is -1.59. The molecule has 0 fully saturated rings. The van der Waals surface area contributed by atoms with Gasteiger partial charge in [0.2, 0.25) is 0 Å². The molecule has 4 heteroatoms. The molecule has 0 unspecified atom stereocenters. The average Bonchev–Trinajstić information content (AvgIpc) is 2.93. The maximum atomic E-state index is 13.9. The van der Waals surface area contributed by atoms with Gasteiger partial charge in [0.1, 0.15) is 0 Å². The topological polar surface area (TPSA) is 35.5 Å². The predicted molar refractivity (Wildman–Crippen MR) is 159 cm³/mol. The minimum absolute atomic E-state index is 0.0343. The molecule has 0 saturated carbocycles. The molecule has 0 N–H and O–H groups in total. The second-order valence-corrected chi connectivity index (χ2v) is 23.3. The molecule has 0 aromatic heterocycles. The molecule has 2 rings (SSSR count). The number of aryl methyl sites for hydroxylation is 1. The molecule has 0 amide bonds. The number of esters is 1. The van der Waals surface area contributed by atoms with E-state index in [1.54, 1.807) is 0 Å². The Morgan fingerprint density at radius 2 is 1.24 bits per heavy atom. The Morgan fingerprint density at radius 3 is 1.73 bits per heavy atom. The van der Waals surface area contributed by atoms with Crippen molar-refractivity contribution in [1.82, 2.24) is 0 Å². The summed E-state index contributed by atoms with van der Waals surface area (Å²) in [7, 11) is 0. The summed E-state index contributed by atoms with van der Waals surface area (Å²) in [5.41, 5.74) is 3.69. The van der Waals surface area contributed by atoms with Crippen molar-refractivity contribution in [3.8, 4) is 0 Å². The van der Waals surface area contributed by atoms with Crippen LogP contribution in [-0.4, -0.2) is 37.6 Å². The quantitative estimate of drug-likeness (QED) is 0.0901. The Balaban J connectivity index is 2.55. The molecule has 0 aliphatic carbocycles. The van der Waals surface area contributed by atoms with Gasteiger partial charge in [-0.25, -0.2) is 0 Å². The Kier molecular flexibility index (Phi) is 15.9. The van der Waals surface area contributed by atoms with Crippen molar-refractivity contribution in [2.45, 2.75) is 99.0 Å². The van der Waals surface area contributed by atoms with Gasteiger partial charge in [-0.05, 0) is 0 Å². The van der Waals surface area contributed by atoms with Crippen LogP contribution in [0.25, 0.3) is 0 Å². The van der Waals surface area contributed by atoms with Crippen LogP contribution in [0, 0.1) is 0 Å². The van der Waals surface area contributed by atoms with Crippen molar-refractivity contribution >= 4 is 24.3 Å². The van der Waals surface area contributed by atoms with Gasteiger partial charge in [-0.2, -0.15) is 0 Å². The molecule has 3 nitrogen and oxygen atoms in total. The normalized spacial score (nSPS) is 12.3. The fourth-order valence-electron chi connectivity index (χ4n) is 5.31. The monoisotopic (exact) mass is 614 g/mol. The van der Waals surface area contributed by atoms with E-state index in [1.807, 2.05) is 13.0 Å². The zero-order valence-electron chi connectivity index (χ0n) is 23.9. The first-order valence-electron chi connectivity index (χ1n) is 14.6. The molecule has 2 aromatic rings. The molecule has 0 radical (unpaired) electrons. The van der Waals surface area contributed by atoms with Crippen LogP contribution >= 0.6 is 0 Å². The number of hydrogen-bond acceptors (Lipinski definition) is 3. The summed E-state index contributed by atoms with van der Waals surface area (Å²) in [5, 5.41) is 0. The van der Waals surface area contributed by atoms with Crippen LogP contribution in [0.5, 0.6) is 0 Å². The van der Waals surface area contributed by atoms with Crippen molar-refractivity contribution in [2.75, 3.05) is 13.2 Å². The van der Waals surface area contributed by atoms with Crippen molar-refractivity contribution in [3.63, 3.8) is 0 Å². The second-order valence-electron chi connectivity index (χ2n) is 10.3. The van der Waals surface area contributed by atoms with E-state index in [2.05, 4.69) is 75.4 Å². The van der Waals surface area contributed by atoms with Crippen LogP contribution in [0.3, 0.4) is 0 Å². The average molecular weight is 613 g/mol. The predicted octanol–water partition coefficient (Wildman–Crippen LogP) is 9.08. The number of benzene rings is 2. The summed E-state index contributed by atoms with van der Waals surface area (Å²) in [6, 6.07) is 21.0. The Bertz CT molecular complexity index is 886. The summed E-state index contributed by atoms with van der Waals surface area (Å²) < 4.78 is 17.1. The molecule has 0 aliphatic heterocycles. The first-order chi connectivity index (χ1) is 18.1. The Morgan fingerprint density at radius 1 is 0.730 bits per heavy atom. The van der Waals surface area contributed by atoms with Crippen LogP contribution in [0.1, 0.15) is 83.8 Å². The summed E-state index contributed by atoms with van der Waals surface area (Å²) >= 11 is -3.09. The van der Waals surface area contributed by atoms with Gasteiger partial charge in [-0.15, -0.1) is 0 Å². The van der Waals surface area contributed by atoms with Gasteiger partial charge < -0.3 is 0 Å². The van der Waals surface area contributed by atoms with Crippen molar-refractivity contribution < 1.29 is 14.3 Å². The van der Waals surface area contributed by atoms with E-state index in [0.29, 0.717) is 19.8 Å². The zero-order valence-corrected chi connectivity index (χ0v) is 26.8. The van der Waals surface area contributed by atoms with Gasteiger partial charge >= 0.3 is 232 Å². The van der Waals surface area contributed by atoms with Crippen LogP contribution in [0.4, 0.5) is 0 Å². The summed E-state index contributed by atoms with van der Waals surface area (Å²) in [6.45, 7) is 10.3. The SMILES string of the molecule is CCC[CH2][Sn]([CH2]CCC)([CH2]CCC)/[C](C(=O)OCC)=C(\CCc1ccccc1)COCc1ccccc1. The van der Waals surface area contributed by atoms with Crippen LogP contribution in [-0.2, 0) is 27.3 Å². The number of unbranched alkanes of at least 4 members (excludes halogenated alkanes) is 3. The Labute approximate surface area is 230 Å². The van der Waals surface area contributed by atoms with E-state index in [0.717, 1.165) is 16.4 Å². The molecule has 204 valence electrons. The number of rotatable bonds is 19. The van der Waals surface area contributed by atoms with Crippen molar-refractivity contribution in [2.24, 2.45) is 0 Å². The second kappa shape index (κ2) is 18.6. The third-order valence-electron chi connectivity index (χ3n) is 7.34. The van der Waals surface area contributed by atoms with Gasteiger partial charge in [-0.1, -0.05) is 0 Å². The summed E-state index contributed by atoms with van der Waals surface area (Å²) in [5.74, 6) is -0.0343. The number of carbonyl (C=O) groups is 1. The van der Waals surface area contributed by atoms with Crippen molar-refractivity contribution in [3.05, 3.63) is 81.0 Å². The molecule has 0 heterocycles. The van der Waals surface area contributed by atoms with Crippen LogP contribution in [0.2, 0.25) is 13.3 Å². The fraction of sp³-hybridized carbons (Fsp3) is 0.545. The van der Waals surface area contributed by atoms with Crippen LogP contribution in [0.15, 0.2) is 69.8 Å². The van der Waals surface area contributed by atoms with E-state index in [-0.39, 0.29) is 5.97 Å². The van der Waals surface area contributed by atoms with E-state index >= 15 is 0 Å². The molecular formula is C33H50O3Sn. The summed E-state index contributed by atoms with van der Waals surface area (Å²) in [4.78, 5) is 13.9. The molecule has 0 atom stereocenters. The molecule has 0 spiro atoms. The minimum atomic E-state index is -3.09.